The number of aromatic nitrogens is 4. The zero-order chi connectivity index (χ0) is 53.5. The van der Waals surface area contributed by atoms with Gasteiger partial charge in [0.25, 0.3) is 5.69 Å². The molecule has 19 heteroatoms. The highest BCUT2D eigenvalue weighted by atomic mass is 32.1. The molecule has 2 aromatic heterocycles. The number of aliphatic hydroxyl groups excluding tert-OH is 1. The predicted octanol–water partition coefficient (Wildman–Crippen LogP) is 9.01. The first-order chi connectivity index (χ1) is 38.1. The first-order valence-corrected chi connectivity index (χ1v) is 25.7. The van der Waals surface area contributed by atoms with Crippen molar-refractivity contribution in [3.05, 3.63) is 219 Å². The molecule has 9 aromatic rings. The second kappa shape index (κ2) is 20.5. The fourth-order valence-corrected chi connectivity index (χ4v) is 12.0. The number of aliphatic hydroxyl groups is 1. The molecule has 7 aromatic carbocycles. The van der Waals surface area contributed by atoms with Crippen molar-refractivity contribution in [2.75, 3.05) is 23.4 Å². The summed E-state index contributed by atoms with van der Waals surface area (Å²) in [5, 5.41) is 33.0. The van der Waals surface area contributed by atoms with Crippen LogP contribution in [0.25, 0.3) is 21.3 Å². The van der Waals surface area contributed by atoms with Gasteiger partial charge in [-0.2, -0.15) is 0 Å². The number of nitrogens with one attached hydrogen (secondary N) is 1. The quantitative estimate of drug-likeness (QED) is 0.0505. The molecule has 2 fully saturated rings. The molecule has 6 atom stereocenters. The van der Waals surface area contributed by atoms with Crippen molar-refractivity contribution < 1.29 is 43.4 Å². The SMILES string of the molecule is O=C1O[C@@H](c2ccccc2)[C@@H](c2ccccc2)N2[C@@H](c3ccc(OCCO)cc3)[C@]3(C(=O)N(C(=O)OCc4ccc([N+](=O)[O-])cc4)c4ccc(C#CCn5nnc6ccccc65)cc43)[C@@H](C(=O)Nc3nc4ccccc4s3)[C@H]12. The zero-order valence-electron chi connectivity index (χ0n) is 41.1. The Balaban J connectivity index is 1.09. The number of non-ortho nitro benzene ring substituents is 1. The number of ether oxygens (including phenoxy) is 3. The standard InChI is InChI=1S/C59H44N8O10S/c68-32-33-75-42-28-24-40(25-29-42)53-59(49(54(69)61-57-60-45-18-8-10-20-48(45)78-57)51-55(70)77-52(39-15-5-2-6-16-39)50(66(51)53)38-13-3-1-4-14-38)43-34-36(12-11-31-64-47-19-9-7-17-44(47)62-63-64)23-30-46(43)65(56(59)71)58(72)76-35-37-21-26-41(27-22-37)67(73)74/h1-10,13-30,34,49-53,68H,31-33,35H2,(H,60,61,69)/t49-,50-,51-,52+,53+,59-/m1/s1. The number of amides is 3. The van der Waals surface area contributed by atoms with Crippen LogP contribution in [-0.2, 0) is 42.4 Å². The minimum atomic E-state index is -2.18. The van der Waals surface area contributed by atoms with Crippen molar-refractivity contribution in [3.63, 3.8) is 0 Å². The van der Waals surface area contributed by atoms with Crippen molar-refractivity contribution >= 4 is 73.0 Å². The molecular weight excluding hydrogens is 1010 g/mol. The number of thiazole rings is 1. The molecule has 3 aliphatic heterocycles. The van der Waals surface area contributed by atoms with E-state index in [2.05, 4.69) is 27.5 Å². The predicted molar refractivity (Wildman–Crippen MR) is 287 cm³/mol. The van der Waals surface area contributed by atoms with Crippen molar-refractivity contribution in [1.29, 1.82) is 0 Å². The maximum atomic E-state index is 16.8. The van der Waals surface area contributed by atoms with E-state index < -0.39 is 64.4 Å². The summed E-state index contributed by atoms with van der Waals surface area (Å²) in [5.74, 6) is 2.72. The Morgan fingerprint density at radius 3 is 2.24 bits per heavy atom. The van der Waals surface area contributed by atoms with E-state index in [-0.39, 0.29) is 48.4 Å². The maximum absolute atomic E-state index is 16.8. The lowest BCUT2D eigenvalue weighted by atomic mass is 9.65. The lowest BCUT2D eigenvalue weighted by Gasteiger charge is -2.46. The first kappa shape index (κ1) is 49.3. The van der Waals surface area contributed by atoms with Crippen LogP contribution in [-0.4, -0.2) is 78.0 Å². The van der Waals surface area contributed by atoms with Gasteiger partial charge >= 0.3 is 12.1 Å². The number of para-hydroxylation sites is 2. The van der Waals surface area contributed by atoms with E-state index in [1.807, 2.05) is 114 Å². The number of anilines is 2. The maximum Gasteiger partial charge on any atom is 0.421 e. The van der Waals surface area contributed by atoms with Crippen LogP contribution in [0.3, 0.4) is 0 Å². The zero-order valence-corrected chi connectivity index (χ0v) is 41.9. The summed E-state index contributed by atoms with van der Waals surface area (Å²) >= 11 is 1.21. The molecule has 1 spiro atoms. The van der Waals surface area contributed by atoms with Gasteiger partial charge in [0.1, 0.15) is 48.6 Å². The number of nitro groups is 1. The smallest absolute Gasteiger partial charge is 0.421 e. The molecule has 12 rings (SSSR count). The second-order valence-corrected chi connectivity index (χ2v) is 19.8. The molecule has 5 heterocycles. The number of nitrogens with zero attached hydrogens (tertiary/aromatic N) is 7. The number of hydrogen-bond donors (Lipinski definition) is 2. The molecule has 386 valence electrons. The van der Waals surface area contributed by atoms with Crippen LogP contribution < -0.4 is 15.0 Å². The number of hydrogen-bond acceptors (Lipinski definition) is 15. The normalized spacial score (nSPS) is 20.4. The highest BCUT2D eigenvalue weighted by molar-refractivity contribution is 7.22. The third kappa shape index (κ3) is 8.63. The Bertz CT molecular complexity index is 3830. The van der Waals surface area contributed by atoms with Crippen LogP contribution in [0.5, 0.6) is 5.75 Å². The van der Waals surface area contributed by atoms with E-state index in [0.717, 1.165) is 15.1 Å². The Morgan fingerprint density at radius 2 is 1.51 bits per heavy atom. The van der Waals surface area contributed by atoms with E-state index >= 15 is 19.2 Å². The monoisotopic (exact) mass is 1060 g/mol. The molecule has 0 bridgehead atoms. The van der Waals surface area contributed by atoms with Gasteiger partial charge in [-0.1, -0.05) is 125 Å². The molecular formula is C59H44N8O10S. The van der Waals surface area contributed by atoms with Gasteiger partial charge < -0.3 is 24.6 Å². The first-order valence-electron chi connectivity index (χ1n) is 24.9. The van der Waals surface area contributed by atoms with Gasteiger partial charge in [-0.15, -0.1) is 5.10 Å². The summed E-state index contributed by atoms with van der Waals surface area (Å²) in [6.45, 7) is -0.516. The second-order valence-electron chi connectivity index (χ2n) is 18.8. The van der Waals surface area contributed by atoms with Crippen molar-refractivity contribution in [3.8, 4) is 17.6 Å². The number of imide groups is 1. The number of morpholine rings is 1. The van der Waals surface area contributed by atoms with E-state index in [1.54, 1.807) is 47.1 Å². The number of nitro benzene ring substituents is 1. The van der Waals surface area contributed by atoms with E-state index in [0.29, 0.717) is 44.6 Å². The average molecular weight is 1060 g/mol. The van der Waals surface area contributed by atoms with E-state index in [9.17, 15) is 15.2 Å². The minimum absolute atomic E-state index is 0.00461. The lowest BCUT2D eigenvalue weighted by Crippen LogP contribution is -2.54. The molecule has 3 aliphatic rings. The van der Waals surface area contributed by atoms with Crippen LogP contribution >= 0.6 is 11.3 Å². The number of fused-ring (bicyclic) bond motifs is 5. The number of cyclic esters (lactones) is 1. The van der Waals surface area contributed by atoms with E-state index in [1.165, 1.54) is 35.6 Å². The van der Waals surface area contributed by atoms with Gasteiger partial charge in [0.2, 0.25) is 11.8 Å². The number of rotatable bonds is 12. The minimum Gasteiger partial charge on any atom is -0.491 e. The summed E-state index contributed by atoms with van der Waals surface area (Å²) < 4.78 is 20.8. The highest BCUT2D eigenvalue weighted by Gasteiger charge is 2.76. The molecule has 0 unspecified atom stereocenters. The fraction of sp³-hybridized carbons (Fsp3) is 0.169. The Kier molecular flexibility index (Phi) is 12.9. The molecule has 0 aliphatic carbocycles. The number of esters is 1. The number of benzene rings is 7. The van der Waals surface area contributed by atoms with Crippen LogP contribution in [0.1, 0.15) is 51.6 Å². The van der Waals surface area contributed by atoms with E-state index in [4.69, 9.17) is 19.2 Å². The van der Waals surface area contributed by atoms with Crippen LogP contribution in [0.4, 0.5) is 21.3 Å². The average Bonchev–Trinajstić information content (AvgIpc) is 2.70. The van der Waals surface area contributed by atoms with Crippen LogP contribution in [0, 0.1) is 27.9 Å². The summed E-state index contributed by atoms with van der Waals surface area (Å²) in [6, 6.07) is 47.0. The third-order valence-corrected chi connectivity index (χ3v) is 15.3. The van der Waals surface area contributed by atoms with Crippen LogP contribution in [0.2, 0.25) is 0 Å². The van der Waals surface area contributed by atoms with Gasteiger partial charge in [0.15, 0.2) is 5.13 Å². The largest absolute Gasteiger partial charge is 0.491 e. The van der Waals surface area contributed by atoms with Gasteiger partial charge in [-0.3, -0.25) is 29.4 Å². The Hall–Kier alpha value is -9.61. The summed E-state index contributed by atoms with van der Waals surface area (Å²) in [5.41, 5.74) is 2.58. The molecule has 78 heavy (non-hydrogen) atoms. The van der Waals surface area contributed by atoms with Gasteiger partial charge in [0, 0.05) is 17.7 Å². The molecule has 3 amide bonds. The molecule has 0 radical (unpaired) electrons. The lowest BCUT2D eigenvalue weighted by molar-refractivity contribution is -0.384. The molecule has 0 saturated carbocycles. The Morgan fingerprint density at radius 1 is 0.808 bits per heavy atom. The summed E-state index contributed by atoms with van der Waals surface area (Å²) in [7, 11) is 0. The summed E-state index contributed by atoms with van der Waals surface area (Å²) in [4.78, 5) is 82.0. The molecule has 18 nitrogen and oxygen atoms in total. The van der Waals surface area contributed by atoms with Crippen molar-refractivity contribution in [2.24, 2.45) is 5.92 Å². The van der Waals surface area contributed by atoms with Gasteiger partial charge in [0.05, 0.1) is 51.0 Å². The molecule has 2 saturated heterocycles. The third-order valence-electron chi connectivity index (χ3n) is 14.4. The fourth-order valence-electron chi connectivity index (χ4n) is 11.2. The topological polar surface area (TPSA) is 221 Å². The summed E-state index contributed by atoms with van der Waals surface area (Å²) in [6.07, 6.45) is -2.10. The van der Waals surface area contributed by atoms with Crippen molar-refractivity contribution in [2.45, 2.75) is 42.8 Å². The number of carbonyl (C=O) groups excluding carboxylic acids is 4. The van der Waals surface area contributed by atoms with Crippen molar-refractivity contribution in [1.82, 2.24) is 24.9 Å². The van der Waals surface area contributed by atoms with Gasteiger partial charge in [-0.25, -0.2) is 19.4 Å². The van der Waals surface area contributed by atoms with Gasteiger partial charge in [-0.05, 0) is 94.5 Å². The molecule has 2 N–H and O–H groups in total. The van der Waals surface area contributed by atoms with Crippen LogP contribution in [0.15, 0.2) is 176 Å². The highest BCUT2D eigenvalue weighted by Crippen LogP contribution is 2.66. The number of carbonyl (C=O) groups is 4. The Labute approximate surface area is 448 Å².